The van der Waals surface area contributed by atoms with Gasteiger partial charge in [-0.05, 0) is 0 Å². The monoisotopic (exact) mass is 419 g/mol. The van der Waals surface area contributed by atoms with Gasteiger partial charge in [-0.25, -0.2) is 4.57 Å². The van der Waals surface area contributed by atoms with Crippen LogP contribution < -0.4 is 17.2 Å². The summed E-state index contributed by atoms with van der Waals surface area (Å²) in [6.07, 6.45) is -7.61. The largest absolute Gasteiger partial charge is 0.466 e. The molecule has 0 aromatic heterocycles. The van der Waals surface area contributed by atoms with Crippen molar-refractivity contribution in [2.24, 2.45) is 17.2 Å². The van der Waals surface area contributed by atoms with Gasteiger partial charge in [-0.1, -0.05) is 0 Å². The predicted octanol–water partition coefficient (Wildman–Crippen LogP) is -8.08. The molecule has 164 valence electrons. The summed E-state index contributed by atoms with van der Waals surface area (Å²) < 4.78 is 8.88. The second-order valence-corrected chi connectivity index (χ2v) is 5.26. The molecule has 0 fully saturated rings. The number of hydrogen-bond donors (Lipinski definition) is 15. The highest BCUT2D eigenvalue weighted by atomic mass is 31.2. The minimum atomic E-state index is -4.64. The molecule has 0 saturated heterocycles. The van der Waals surface area contributed by atoms with Crippen molar-refractivity contribution in [1.82, 2.24) is 0 Å². The molecule has 0 aliphatic heterocycles. The minimum Gasteiger partial charge on any atom is -0.394 e. The van der Waals surface area contributed by atoms with Gasteiger partial charge < -0.3 is 77.8 Å². The summed E-state index contributed by atoms with van der Waals surface area (Å²) in [6, 6.07) is 0. The first-order valence-electron chi connectivity index (χ1n) is 6.51. The third-order valence-electron chi connectivity index (χ3n) is 1.74. The van der Waals surface area contributed by atoms with Gasteiger partial charge in [0.1, 0.15) is 37.0 Å². The van der Waals surface area contributed by atoms with E-state index in [0.29, 0.717) is 0 Å². The molecule has 0 spiro atoms. The van der Waals surface area contributed by atoms with Crippen molar-refractivity contribution in [3.8, 4) is 0 Å². The first-order valence-corrected chi connectivity index (χ1v) is 8.07. The number of rotatable bonds is 6. The van der Waals surface area contributed by atoms with Crippen molar-refractivity contribution in [2.75, 3.05) is 19.8 Å². The zero-order valence-corrected chi connectivity index (χ0v) is 14.4. The van der Waals surface area contributed by atoms with Crippen LogP contribution in [0.2, 0.25) is 0 Å². The Balaban J connectivity index is -0.000000125. The Bertz CT molecular complexity index is 288. The third-order valence-corrected chi connectivity index (χ3v) is 1.74. The Morgan fingerprint density at radius 2 is 0.692 bits per heavy atom. The number of nitrogens with two attached hydrogens (primary N) is 3. The summed E-state index contributed by atoms with van der Waals surface area (Å²) in [5, 5.41) is 73.5. The Morgan fingerprint density at radius 3 is 0.692 bits per heavy atom. The highest BCUT2D eigenvalue weighted by molar-refractivity contribution is 7.45. The fourth-order valence-electron chi connectivity index (χ4n) is 0.324. The van der Waals surface area contributed by atoms with Crippen LogP contribution in [-0.2, 0) is 4.57 Å². The lowest BCUT2D eigenvalue weighted by atomic mass is 10.3. The van der Waals surface area contributed by atoms with Crippen LogP contribution >= 0.6 is 7.82 Å². The predicted molar refractivity (Wildman–Crippen MR) is 84.1 cm³/mol. The third kappa shape index (κ3) is 38.9. The van der Waals surface area contributed by atoms with Crippen molar-refractivity contribution < 1.29 is 65.2 Å². The number of hydrogen-bond acceptors (Lipinski definition) is 13. The molecule has 26 heavy (non-hydrogen) atoms. The molecule has 0 bridgehead atoms. The van der Waals surface area contributed by atoms with Gasteiger partial charge in [0.05, 0.1) is 19.8 Å². The van der Waals surface area contributed by atoms with Crippen molar-refractivity contribution in [1.29, 1.82) is 0 Å². The van der Waals surface area contributed by atoms with Crippen molar-refractivity contribution in [2.45, 2.75) is 37.0 Å². The quantitative estimate of drug-likeness (QED) is 0.140. The SMILES string of the molecule is NC(O)C(O)CO.NC(O)C(O)CO.NC(O)C(O)CO.O=P(O)(O)O. The summed E-state index contributed by atoms with van der Waals surface area (Å²) in [6.45, 7) is -1.51. The summed E-state index contributed by atoms with van der Waals surface area (Å²) in [4.78, 5) is 21.6. The fraction of sp³-hybridized carbons (Fsp3) is 1.00. The van der Waals surface area contributed by atoms with E-state index >= 15 is 0 Å². The zero-order chi connectivity index (χ0) is 22.1. The van der Waals surface area contributed by atoms with E-state index in [2.05, 4.69) is 0 Å². The summed E-state index contributed by atoms with van der Waals surface area (Å²) >= 11 is 0. The van der Waals surface area contributed by atoms with E-state index in [0.717, 1.165) is 0 Å². The Hall–Kier alpha value is -0.370. The average Bonchev–Trinajstić information content (AvgIpc) is 2.51. The van der Waals surface area contributed by atoms with Crippen LogP contribution in [-0.4, -0.2) is 117 Å². The van der Waals surface area contributed by atoms with Crippen LogP contribution in [0.1, 0.15) is 0 Å². The molecular weight excluding hydrogens is 389 g/mol. The Morgan fingerprint density at radius 1 is 0.577 bits per heavy atom. The van der Waals surface area contributed by atoms with Gasteiger partial charge in [0.15, 0.2) is 0 Å². The van der Waals surface area contributed by atoms with E-state index in [9.17, 15) is 0 Å². The molecule has 18 N–H and O–H groups in total. The van der Waals surface area contributed by atoms with Gasteiger partial charge >= 0.3 is 7.82 Å². The van der Waals surface area contributed by atoms with Crippen LogP contribution in [0.15, 0.2) is 0 Å². The Kier molecular flexibility index (Phi) is 24.8. The van der Waals surface area contributed by atoms with Crippen molar-refractivity contribution >= 4 is 7.82 Å². The molecule has 0 rings (SSSR count). The molecule has 0 amide bonds. The van der Waals surface area contributed by atoms with Crippen LogP contribution in [0.4, 0.5) is 0 Å². The van der Waals surface area contributed by atoms with Gasteiger partial charge in [-0.3, -0.25) is 0 Å². The fourth-order valence-corrected chi connectivity index (χ4v) is 0.324. The molecule has 0 heterocycles. The maximum absolute atomic E-state index is 8.88. The average molecular weight is 419 g/mol. The number of aliphatic hydroxyl groups excluding tert-OH is 9. The van der Waals surface area contributed by atoms with Gasteiger partial charge in [0.25, 0.3) is 0 Å². The molecular formula is C9H30N3O13P. The minimum absolute atomic E-state index is 0.502. The maximum atomic E-state index is 8.88. The van der Waals surface area contributed by atoms with E-state index in [4.69, 9.17) is 82.4 Å². The molecule has 16 nitrogen and oxygen atoms in total. The van der Waals surface area contributed by atoms with E-state index in [-0.39, 0.29) is 0 Å². The molecule has 6 unspecified atom stereocenters. The summed E-state index contributed by atoms with van der Waals surface area (Å²) in [5.41, 5.74) is 14.1. The zero-order valence-electron chi connectivity index (χ0n) is 13.5. The maximum Gasteiger partial charge on any atom is 0.466 e. The second-order valence-electron chi connectivity index (χ2n) is 4.23. The topological polar surface area (TPSA) is 338 Å². The smallest absolute Gasteiger partial charge is 0.394 e. The molecule has 0 radical (unpaired) electrons. The highest BCUT2D eigenvalue weighted by Gasteiger charge is 2.08. The first-order chi connectivity index (χ1) is 11.5. The lowest BCUT2D eigenvalue weighted by Gasteiger charge is -2.07. The number of phosphoric acid groups is 1. The van der Waals surface area contributed by atoms with Gasteiger partial charge in [-0.15, -0.1) is 0 Å². The molecule has 0 aromatic carbocycles. The van der Waals surface area contributed by atoms with Crippen LogP contribution in [0.3, 0.4) is 0 Å². The molecule has 6 atom stereocenters. The van der Waals surface area contributed by atoms with E-state index in [1.807, 2.05) is 0 Å². The Labute approximate surface area is 148 Å². The first kappa shape index (κ1) is 33.2. The van der Waals surface area contributed by atoms with Crippen molar-refractivity contribution in [3.05, 3.63) is 0 Å². The standard InChI is InChI=1S/3C3H9NO3.H3O4P/c3*4-3(7)2(6)1-5;1-5(2,3)4/h3*2-3,5-7H,1,4H2;(H3,1,2,3,4). The molecule has 0 aliphatic rings. The van der Waals surface area contributed by atoms with E-state index in [1.165, 1.54) is 0 Å². The summed E-state index contributed by atoms with van der Waals surface area (Å²) in [7, 11) is -4.64. The van der Waals surface area contributed by atoms with E-state index < -0.39 is 64.6 Å². The van der Waals surface area contributed by atoms with Gasteiger partial charge in [0, 0.05) is 0 Å². The molecule has 0 aromatic rings. The molecule has 17 heteroatoms. The van der Waals surface area contributed by atoms with E-state index in [1.54, 1.807) is 0 Å². The lowest BCUT2D eigenvalue weighted by Crippen LogP contribution is -2.36. The number of aliphatic hydroxyl groups is 9. The van der Waals surface area contributed by atoms with Gasteiger partial charge in [0.2, 0.25) is 0 Å². The summed E-state index contributed by atoms with van der Waals surface area (Å²) in [5.74, 6) is 0. The van der Waals surface area contributed by atoms with Gasteiger partial charge in [-0.2, -0.15) is 0 Å². The van der Waals surface area contributed by atoms with Crippen LogP contribution in [0, 0.1) is 0 Å². The van der Waals surface area contributed by atoms with Crippen LogP contribution in [0.5, 0.6) is 0 Å². The lowest BCUT2D eigenvalue weighted by molar-refractivity contribution is -0.0104. The van der Waals surface area contributed by atoms with Crippen molar-refractivity contribution in [3.63, 3.8) is 0 Å². The molecule has 0 saturated carbocycles. The van der Waals surface area contributed by atoms with Crippen LogP contribution in [0.25, 0.3) is 0 Å². The second kappa shape index (κ2) is 19.4. The normalized spacial score (nSPS) is 17.5. The molecule has 0 aliphatic carbocycles. The highest BCUT2D eigenvalue weighted by Crippen LogP contribution is 2.25.